The molecule has 1 fully saturated rings. The maximum absolute atomic E-state index is 12.1. The van der Waals surface area contributed by atoms with E-state index < -0.39 is 6.04 Å². The number of piperazine rings is 1. The van der Waals surface area contributed by atoms with Gasteiger partial charge in [0.2, 0.25) is 11.8 Å². The molecule has 0 spiro atoms. The zero-order valence-electron chi connectivity index (χ0n) is 16.3. The summed E-state index contributed by atoms with van der Waals surface area (Å²) in [6.07, 6.45) is 7.24. The maximum Gasteiger partial charge on any atom is 0.241 e. The highest BCUT2D eigenvalue weighted by Crippen LogP contribution is 2.28. The van der Waals surface area contributed by atoms with Crippen LogP contribution in [0, 0.1) is 0 Å². The van der Waals surface area contributed by atoms with Gasteiger partial charge in [-0.1, -0.05) is 20.8 Å². The SMILES string of the molecule is CN1CCN(C(C(N)=O)c2ncc(/C=C/c3ncc(C(C)(C)C)o3)s2)CC1. The first-order valence-electron chi connectivity index (χ1n) is 9.06. The van der Waals surface area contributed by atoms with Gasteiger partial charge in [0.05, 0.1) is 6.20 Å². The standard InChI is InChI=1S/C19H27N5O2S/c1-19(2,3)14-12-21-15(26-14)6-5-13-11-22-18(27-13)16(17(20)25)24-9-7-23(4)8-10-24/h5-6,11-12,16H,7-10H2,1-4H3,(H2,20,25)/b6-5+. The highest BCUT2D eigenvalue weighted by molar-refractivity contribution is 7.12. The van der Waals surface area contributed by atoms with Crippen LogP contribution in [0.2, 0.25) is 0 Å². The van der Waals surface area contributed by atoms with Crippen LogP contribution in [0.1, 0.15) is 48.3 Å². The number of hydrogen-bond acceptors (Lipinski definition) is 7. The van der Waals surface area contributed by atoms with Crippen LogP contribution in [0.5, 0.6) is 0 Å². The van der Waals surface area contributed by atoms with Crippen molar-refractivity contribution < 1.29 is 9.21 Å². The van der Waals surface area contributed by atoms with Gasteiger partial charge in [0.15, 0.2) is 0 Å². The number of hydrogen-bond donors (Lipinski definition) is 1. The first-order chi connectivity index (χ1) is 12.7. The number of oxazole rings is 1. The first-order valence-corrected chi connectivity index (χ1v) is 9.88. The predicted molar refractivity (Wildman–Crippen MR) is 107 cm³/mol. The van der Waals surface area contributed by atoms with Gasteiger partial charge < -0.3 is 15.1 Å². The Morgan fingerprint density at radius 1 is 1.22 bits per heavy atom. The minimum absolute atomic E-state index is 0.0754. The number of rotatable bonds is 5. The second-order valence-electron chi connectivity index (χ2n) is 7.89. The number of amides is 1. The number of thiazole rings is 1. The van der Waals surface area contributed by atoms with Crippen molar-refractivity contribution in [3.05, 3.63) is 33.9 Å². The van der Waals surface area contributed by atoms with E-state index in [-0.39, 0.29) is 11.3 Å². The Balaban J connectivity index is 1.73. The van der Waals surface area contributed by atoms with E-state index in [0.717, 1.165) is 41.8 Å². The number of carbonyl (C=O) groups is 1. The van der Waals surface area contributed by atoms with Gasteiger partial charge in [-0.2, -0.15) is 0 Å². The van der Waals surface area contributed by atoms with Gasteiger partial charge in [0.1, 0.15) is 16.8 Å². The van der Waals surface area contributed by atoms with E-state index in [4.69, 9.17) is 10.2 Å². The van der Waals surface area contributed by atoms with E-state index in [2.05, 4.69) is 47.6 Å². The summed E-state index contributed by atoms with van der Waals surface area (Å²) in [5.74, 6) is 1.04. The van der Waals surface area contributed by atoms with Crippen LogP contribution in [-0.4, -0.2) is 58.9 Å². The van der Waals surface area contributed by atoms with Crippen LogP contribution in [0.25, 0.3) is 12.2 Å². The van der Waals surface area contributed by atoms with Crippen LogP contribution in [0.15, 0.2) is 16.8 Å². The third-order valence-electron chi connectivity index (χ3n) is 4.60. The molecule has 146 valence electrons. The molecular weight excluding hydrogens is 362 g/mol. The second-order valence-corrected chi connectivity index (χ2v) is 8.98. The molecule has 0 aliphatic carbocycles. The zero-order valence-corrected chi connectivity index (χ0v) is 17.1. The Kier molecular flexibility index (Phi) is 5.78. The van der Waals surface area contributed by atoms with Crippen molar-refractivity contribution in [3.63, 3.8) is 0 Å². The van der Waals surface area contributed by atoms with Gasteiger partial charge in [0.25, 0.3) is 0 Å². The van der Waals surface area contributed by atoms with Crippen molar-refractivity contribution >= 4 is 29.4 Å². The van der Waals surface area contributed by atoms with Crippen molar-refractivity contribution in [2.24, 2.45) is 5.73 Å². The fourth-order valence-corrected chi connectivity index (χ4v) is 3.87. The molecule has 2 aromatic heterocycles. The van der Waals surface area contributed by atoms with Crippen molar-refractivity contribution in [1.82, 2.24) is 19.8 Å². The summed E-state index contributed by atoms with van der Waals surface area (Å²) < 4.78 is 5.77. The van der Waals surface area contributed by atoms with Crippen LogP contribution in [0.4, 0.5) is 0 Å². The molecule has 3 heterocycles. The summed E-state index contributed by atoms with van der Waals surface area (Å²) in [4.78, 5) is 26.1. The average molecular weight is 390 g/mol. The Labute approximate surface area is 163 Å². The normalized spacial score (nSPS) is 18.2. The number of aromatic nitrogens is 2. The largest absolute Gasteiger partial charge is 0.441 e. The van der Waals surface area contributed by atoms with E-state index in [1.165, 1.54) is 11.3 Å². The van der Waals surface area contributed by atoms with E-state index in [1.807, 2.05) is 12.2 Å². The minimum atomic E-state index is -0.472. The fraction of sp³-hybridized carbons (Fsp3) is 0.526. The molecule has 3 rings (SSSR count). The lowest BCUT2D eigenvalue weighted by Crippen LogP contribution is -2.49. The number of carbonyl (C=O) groups excluding carboxylic acids is 1. The van der Waals surface area contributed by atoms with E-state index in [9.17, 15) is 4.79 Å². The van der Waals surface area contributed by atoms with Crippen LogP contribution in [0.3, 0.4) is 0 Å². The highest BCUT2D eigenvalue weighted by Gasteiger charge is 2.30. The van der Waals surface area contributed by atoms with E-state index >= 15 is 0 Å². The average Bonchev–Trinajstić information content (AvgIpc) is 3.24. The third-order valence-corrected chi connectivity index (χ3v) is 5.62. The van der Waals surface area contributed by atoms with Crippen LogP contribution >= 0.6 is 11.3 Å². The lowest BCUT2D eigenvalue weighted by Gasteiger charge is -2.35. The predicted octanol–water partition coefficient (Wildman–Crippen LogP) is 2.37. The van der Waals surface area contributed by atoms with Crippen LogP contribution < -0.4 is 5.73 Å². The Bertz CT molecular complexity index is 812. The molecule has 7 nitrogen and oxygen atoms in total. The summed E-state index contributed by atoms with van der Waals surface area (Å²) in [5.41, 5.74) is 5.61. The van der Waals surface area contributed by atoms with Gasteiger partial charge in [-0.15, -0.1) is 11.3 Å². The molecule has 1 aliphatic rings. The molecule has 1 atom stereocenters. The Morgan fingerprint density at radius 3 is 2.52 bits per heavy atom. The third kappa shape index (κ3) is 4.82. The van der Waals surface area contributed by atoms with Crippen molar-refractivity contribution in [2.75, 3.05) is 33.2 Å². The smallest absolute Gasteiger partial charge is 0.241 e. The summed E-state index contributed by atoms with van der Waals surface area (Å²) >= 11 is 1.47. The number of likely N-dealkylation sites (N-methyl/N-ethyl adjacent to an activating group) is 1. The van der Waals surface area contributed by atoms with Crippen molar-refractivity contribution in [3.8, 4) is 0 Å². The highest BCUT2D eigenvalue weighted by atomic mass is 32.1. The van der Waals surface area contributed by atoms with Gasteiger partial charge in [0, 0.05) is 48.7 Å². The zero-order chi connectivity index (χ0) is 19.6. The van der Waals surface area contributed by atoms with Crippen LogP contribution in [-0.2, 0) is 10.2 Å². The molecule has 1 amide bonds. The maximum atomic E-state index is 12.1. The summed E-state index contributed by atoms with van der Waals surface area (Å²) in [6.45, 7) is 9.70. The molecule has 2 N–H and O–H groups in total. The van der Waals surface area contributed by atoms with Crippen molar-refractivity contribution in [1.29, 1.82) is 0 Å². The lowest BCUT2D eigenvalue weighted by molar-refractivity contribution is -0.124. The van der Waals surface area contributed by atoms with E-state index in [0.29, 0.717) is 5.89 Å². The van der Waals surface area contributed by atoms with E-state index in [1.54, 1.807) is 12.4 Å². The quantitative estimate of drug-likeness (QED) is 0.845. The molecular formula is C19H27N5O2S. The number of nitrogens with two attached hydrogens (primary N) is 1. The lowest BCUT2D eigenvalue weighted by atomic mass is 9.94. The Hall–Kier alpha value is -2.03. The van der Waals surface area contributed by atoms with Crippen molar-refractivity contribution in [2.45, 2.75) is 32.2 Å². The van der Waals surface area contributed by atoms with Gasteiger partial charge >= 0.3 is 0 Å². The Morgan fingerprint density at radius 2 is 1.93 bits per heavy atom. The van der Waals surface area contributed by atoms with Gasteiger partial charge in [-0.3, -0.25) is 9.69 Å². The molecule has 1 unspecified atom stereocenters. The second kappa shape index (κ2) is 7.92. The first kappa shape index (κ1) is 19.7. The summed E-state index contributed by atoms with van der Waals surface area (Å²) in [7, 11) is 2.08. The molecule has 27 heavy (non-hydrogen) atoms. The summed E-state index contributed by atoms with van der Waals surface area (Å²) in [6, 6.07) is -0.472. The minimum Gasteiger partial charge on any atom is -0.441 e. The summed E-state index contributed by atoms with van der Waals surface area (Å²) in [5, 5.41) is 0.731. The molecule has 0 saturated carbocycles. The molecule has 1 aliphatic heterocycles. The number of nitrogens with zero attached hydrogens (tertiary/aromatic N) is 4. The monoisotopic (exact) mass is 389 g/mol. The molecule has 1 saturated heterocycles. The fourth-order valence-electron chi connectivity index (χ4n) is 2.91. The molecule has 2 aromatic rings. The topological polar surface area (TPSA) is 88.5 Å². The molecule has 0 bridgehead atoms. The molecule has 8 heteroatoms. The molecule has 0 aromatic carbocycles. The molecule has 0 radical (unpaired) electrons. The van der Waals surface area contributed by atoms with Gasteiger partial charge in [-0.05, 0) is 13.1 Å². The number of primary amides is 1. The van der Waals surface area contributed by atoms with Gasteiger partial charge in [-0.25, -0.2) is 9.97 Å².